The Balaban J connectivity index is 1.29. The maximum Gasteiger partial charge on any atom is 0.410 e. The van der Waals surface area contributed by atoms with Crippen molar-refractivity contribution in [1.82, 2.24) is 14.6 Å². The zero-order valence-electron chi connectivity index (χ0n) is 27.1. The van der Waals surface area contributed by atoms with Crippen molar-refractivity contribution in [1.29, 1.82) is 0 Å². The fourth-order valence-corrected chi connectivity index (χ4v) is 5.30. The molecule has 0 radical (unpaired) electrons. The van der Waals surface area contributed by atoms with E-state index in [1.54, 1.807) is 43.9 Å². The maximum absolute atomic E-state index is 13.1. The van der Waals surface area contributed by atoms with Crippen LogP contribution in [0.5, 0.6) is 5.75 Å². The lowest BCUT2D eigenvalue weighted by Crippen LogP contribution is -2.55. The number of likely N-dealkylation sites (tertiary alicyclic amines) is 1. The van der Waals surface area contributed by atoms with Crippen LogP contribution in [0, 0.1) is 5.92 Å². The van der Waals surface area contributed by atoms with Crippen molar-refractivity contribution in [3.05, 3.63) is 72.4 Å². The number of allylic oxidation sites excluding steroid dienone is 1. The van der Waals surface area contributed by atoms with E-state index in [0.29, 0.717) is 37.0 Å². The Hall–Kier alpha value is -4.71. The molecule has 0 aliphatic carbocycles. The Labute approximate surface area is 268 Å². The Bertz CT molecular complexity index is 1640. The molecule has 0 saturated carbocycles. The van der Waals surface area contributed by atoms with Crippen LogP contribution in [0.25, 0.3) is 10.9 Å². The van der Waals surface area contributed by atoms with Crippen LogP contribution in [0.4, 0.5) is 4.79 Å². The van der Waals surface area contributed by atoms with E-state index < -0.39 is 35.1 Å². The molecular formula is C34H41N4O8+. The van der Waals surface area contributed by atoms with Gasteiger partial charge in [0, 0.05) is 25.1 Å². The first kappa shape index (κ1) is 32.7. The van der Waals surface area contributed by atoms with Crippen LogP contribution in [0.2, 0.25) is 0 Å². The molecule has 3 aromatic rings. The third kappa shape index (κ3) is 7.23. The number of aromatic nitrogens is 2. The van der Waals surface area contributed by atoms with Gasteiger partial charge in [0.2, 0.25) is 11.6 Å². The van der Waals surface area contributed by atoms with Crippen molar-refractivity contribution in [3.63, 3.8) is 0 Å². The van der Waals surface area contributed by atoms with Gasteiger partial charge in [-0.05, 0) is 71.9 Å². The number of hydrogen-bond acceptors (Lipinski definition) is 8. The van der Waals surface area contributed by atoms with Gasteiger partial charge in [0.1, 0.15) is 23.6 Å². The molecule has 0 N–H and O–H groups in total. The number of rotatable bonds is 10. The summed E-state index contributed by atoms with van der Waals surface area (Å²) in [4.78, 5) is 58.7. The Morgan fingerprint density at radius 3 is 2.20 bits per heavy atom. The number of fused-ring (bicyclic) bond motifs is 2. The minimum Gasteiger partial charge on any atom is -0.490 e. The van der Waals surface area contributed by atoms with Gasteiger partial charge in [-0.1, -0.05) is 18.7 Å². The van der Waals surface area contributed by atoms with Crippen molar-refractivity contribution in [2.24, 2.45) is 5.92 Å². The van der Waals surface area contributed by atoms with Gasteiger partial charge < -0.3 is 19.1 Å². The molecule has 2 aromatic carbocycles. The maximum atomic E-state index is 13.1. The molecule has 244 valence electrons. The summed E-state index contributed by atoms with van der Waals surface area (Å²) in [7, 11) is 0. The summed E-state index contributed by atoms with van der Waals surface area (Å²) in [6.07, 6.45) is 2.11. The van der Waals surface area contributed by atoms with Gasteiger partial charge >= 0.3 is 12.1 Å². The van der Waals surface area contributed by atoms with E-state index in [1.807, 2.05) is 45.2 Å². The quantitative estimate of drug-likeness (QED) is 0.140. The molecule has 3 amide bonds. The molecule has 46 heavy (non-hydrogen) atoms. The second kappa shape index (κ2) is 12.6. The lowest BCUT2D eigenvalue weighted by Gasteiger charge is -2.39. The molecule has 1 saturated heterocycles. The van der Waals surface area contributed by atoms with E-state index in [2.05, 4.69) is 15.9 Å². The van der Waals surface area contributed by atoms with E-state index in [-0.39, 0.29) is 29.7 Å². The third-order valence-electron chi connectivity index (χ3n) is 7.29. The zero-order valence-corrected chi connectivity index (χ0v) is 27.1. The van der Waals surface area contributed by atoms with Gasteiger partial charge in [0.25, 0.3) is 11.8 Å². The monoisotopic (exact) mass is 633 g/mol. The summed E-state index contributed by atoms with van der Waals surface area (Å²) >= 11 is 0. The van der Waals surface area contributed by atoms with Crippen LogP contribution in [-0.4, -0.2) is 75.5 Å². The molecule has 1 aromatic heterocycles. The lowest BCUT2D eigenvalue weighted by atomic mass is 10.0. The molecule has 3 heterocycles. The van der Waals surface area contributed by atoms with Crippen LogP contribution < -0.4 is 9.42 Å². The molecule has 0 bridgehead atoms. The molecule has 1 atom stereocenters. The minimum atomic E-state index is -1.40. The molecule has 0 unspecified atom stereocenters. The first-order valence-corrected chi connectivity index (χ1v) is 15.3. The molecule has 2 aliphatic heterocycles. The lowest BCUT2D eigenvalue weighted by molar-refractivity contribution is -0.745. The van der Waals surface area contributed by atoms with Crippen LogP contribution in [0.15, 0.2) is 61.3 Å². The molecular weight excluding hydrogens is 592 g/mol. The Morgan fingerprint density at radius 2 is 1.61 bits per heavy atom. The van der Waals surface area contributed by atoms with E-state index in [0.717, 1.165) is 10.9 Å². The van der Waals surface area contributed by atoms with Gasteiger partial charge in [-0.15, -0.1) is 9.75 Å². The van der Waals surface area contributed by atoms with E-state index in [1.165, 1.54) is 12.1 Å². The highest BCUT2D eigenvalue weighted by Crippen LogP contribution is 2.26. The largest absolute Gasteiger partial charge is 0.490 e. The molecule has 0 spiro atoms. The summed E-state index contributed by atoms with van der Waals surface area (Å²) in [5.41, 5.74) is -0.0501. The standard InChI is InChI=1S/C34H41N4O8/c1-8-15-37-27-14-13-24(16-23(27)20-36(37)19-22-17-35(18-22)32(42)45-34(5,6)7)43-21-28(31(41)44-33(2,3)4)46-38-29(39)25-11-9-10-12-26(25)30(38)40/h8-14,16,20,22,28H,1,15,17-19,21H2,2-7H3/q+1/t28-/m0/s1. The van der Waals surface area contributed by atoms with Gasteiger partial charge in [0.15, 0.2) is 6.54 Å². The number of amides is 3. The summed E-state index contributed by atoms with van der Waals surface area (Å²) in [5, 5.41) is 1.48. The minimum absolute atomic E-state index is 0.193. The zero-order chi connectivity index (χ0) is 33.4. The van der Waals surface area contributed by atoms with Crippen LogP contribution in [0.3, 0.4) is 0 Å². The molecule has 12 nitrogen and oxygen atoms in total. The highest BCUT2D eigenvalue weighted by Gasteiger charge is 2.41. The first-order valence-electron chi connectivity index (χ1n) is 15.3. The number of nitrogens with zero attached hydrogens (tertiary/aromatic N) is 4. The fourth-order valence-electron chi connectivity index (χ4n) is 5.30. The molecule has 1 fully saturated rings. The number of ether oxygens (including phenoxy) is 3. The third-order valence-corrected chi connectivity index (χ3v) is 7.29. The average molecular weight is 634 g/mol. The second-order valence-corrected chi connectivity index (χ2v) is 13.5. The van der Waals surface area contributed by atoms with E-state index >= 15 is 0 Å². The number of hydroxylamine groups is 2. The summed E-state index contributed by atoms with van der Waals surface area (Å²) in [6.45, 7) is 16.7. The molecule has 12 heteroatoms. The van der Waals surface area contributed by atoms with Gasteiger partial charge in [0.05, 0.1) is 29.3 Å². The average Bonchev–Trinajstić information content (AvgIpc) is 3.39. The molecule has 5 rings (SSSR count). The van der Waals surface area contributed by atoms with Crippen LogP contribution in [-0.2, 0) is 32.2 Å². The highest BCUT2D eigenvalue weighted by atomic mass is 16.7. The number of esters is 1. The van der Waals surface area contributed by atoms with Crippen molar-refractivity contribution >= 4 is 34.8 Å². The second-order valence-electron chi connectivity index (χ2n) is 13.5. The number of carbonyl (C=O) groups excluding carboxylic acids is 4. The summed E-state index contributed by atoms with van der Waals surface area (Å²) < 4.78 is 21.2. The van der Waals surface area contributed by atoms with Crippen molar-refractivity contribution in [2.75, 3.05) is 19.7 Å². The Morgan fingerprint density at radius 1 is 0.978 bits per heavy atom. The highest BCUT2D eigenvalue weighted by molar-refractivity contribution is 6.20. The summed E-state index contributed by atoms with van der Waals surface area (Å²) in [6, 6.07) is 11.9. The Kier molecular flexibility index (Phi) is 8.94. The van der Waals surface area contributed by atoms with Crippen molar-refractivity contribution < 1.29 is 42.9 Å². The van der Waals surface area contributed by atoms with Gasteiger partial charge in [-0.3, -0.25) is 9.59 Å². The summed E-state index contributed by atoms with van der Waals surface area (Å²) in [5.74, 6) is -1.39. The predicted molar refractivity (Wildman–Crippen MR) is 167 cm³/mol. The SMILES string of the molecule is C=CC[n+]1c2ccc(OC[C@H](ON3C(=O)c4ccccc4C3=O)C(=O)OC(C)(C)C)cc2cn1CC1CN(C(=O)OC(C)(C)C)C1. The van der Waals surface area contributed by atoms with Gasteiger partial charge in [-0.25, -0.2) is 14.4 Å². The van der Waals surface area contributed by atoms with Gasteiger partial charge in [-0.2, -0.15) is 4.68 Å². The normalized spacial score (nSPS) is 15.9. The van der Waals surface area contributed by atoms with Crippen LogP contribution >= 0.6 is 0 Å². The number of imide groups is 1. The van der Waals surface area contributed by atoms with E-state index in [4.69, 9.17) is 19.0 Å². The first-order chi connectivity index (χ1) is 21.6. The fraction of sp³-hybridized carbons (Fsp3) is 0.441. The smallest absolute Gasteiger partial charge is 0.410 e. The van der Waals surface area contributed by atoms with Crippen LogP contribution in [0.1, 0.15) is 62.3 Å². The number of benzene rings is 2. The topological polar surface area (TPSA) is 120 Å². The predicted octanol–water partition coefficient (Wildman–Crippen LogP) is 4.30. The molecule has 2 aliphatic rings. The number of hydrogen-bond donors (Lipinski definition) is 0. The number of carbonyl (C=O) groups is 4. The van der Waals surface area contributed by atoms with Crippen molar-refractivity contribution in [2.45, 2.75) is 71.9 Å². The van der Waals surface area contributed by atoms with Crippen molar-refractivity contribution in [3.8, 4) is 5.75 Å². The van der Waals surface area contributed by atoms with E-state index in [9.17, 15) is 19.2 Å².